The van der Waals surface area contributed by atoms with Gasteiger partial charge in [-0.15, -0.1) is 0 Å². The van der Waals surface area contributed by atoms with Crippen molar-refractivity contribution >= 4 is 22.9 Å². The number of hydrogen-bond acceptors (Lipinski definition) is 0. The van der Waals surface area contributed by atoms with E-state index in [-0.39, 0.29) is 0 Å². The normalized spacial score (nSPS) is 27.2. The van der Waals surface area contributed by atoms with Crippen molar-refractivity contribution in [2.45, 2.75) is 60.9 Å². The van der Waals surface area contributed by atoms with Gasteiger partial charge in [-0.2, -0.15) is 0 Å². The van der Waals surface area contributed by atoms with Gasteiger partial charge in [0, 0.05) is 0 Å². The van der Waals surface area contributed by atoms with Crippen LogP contribution in [0.4, 0.5) is 0 Å². The summed E-state index contributed by atoms with van der Waals surface area (Å²) in [5.74, 6) is -1.21. The van der Waals surface area contributed by atoms with Gasteiger partial charge >= 0.3 is 146 Å². The molecule has 0 aromatic heterocycles. The van der Waals surface area contributed by atoms with Crippen LogP contribution in [0.15, 0.2) is 46.6 Å². The van der Waals surface area contributed by atoms with Gasteiger partial charge in [-0.3, -0.25) is 0 Å². The van der Waals surface area contributed by atoms with E-state index in [0.717, 1.165) is 12.8 Å². The fraction of sp³-hybridized carbons (Fsp3) is 0.556. The molecular weight excluding hydrogens is 406 g/mol. The molecule has 0 nitrogen and oxygen atoms in total. The Morgan fingerprint density at radius 3 is 1.55 bits per heavy atom. The Morgan fingerprint density at radius 1 is 0.909 bits per heavy atom. The third-order valence-electron chi connectivity index (χ3n) is 5.59. The van der Waals surface area contributed by atoms with Gasteiger partial charge in [0.2, 0.25) is 0 Å². The summed E-state index contributed by atoms with van der Waals surface area (Å²) in [6.07, 6.45) is 11.6. The standard InChI is InChI=1S/2C8H11.C2H7Si.2ClH.Zr/c2*1-3-8-5-4-7(2)6-8;1-3-2;;;/h2*4-6H,3H2,1-2H3;3H,1-2H3;2*1H;/q;;;;;+2/p-2. The van der Waals surface area contributed by atoms with Crippen molar-refractivity contribution in [3.05, 3.63) is 46.6 Å². The molecule has 0 saturated carbocycles. The fourth-order valence-corrected chi connectivity index (χ4v) is 33.4. The summed E-state index contributed by atoms with van der Waals surface area (Å²) in [5, 5.41) is 0. The SMILES string of the molecule is CCC1=CC(C)=C[CH]1[Zr]([Cl])([Cl])([CH]1C=C(C)C=C1CC)[SiH](C)C. The zero-order valence-corrected chi connectivity index (χ0v) is 19.8. The van der Waals surface area contributed by atoms with Crippen LogP contribution in [0.2, 0.25) is 20.3 Å². The minimum absolute atomic E-state index is 0.337. The zero-order valence-electron chi connectivity index (χ0n) is 14.7. The van der Waals surface area contributed by atoms with E-state index in [1.165, 1.54) is 22.3 Å². The van der Waals surface area contributed by atoms with Crippen LogP contribution >= 0.6 is 17.0 Å². The molecule has 0 N–H and O–H groups in total. The Kier molecular flexibility index (Phi) is 5.61. The van der Waals surface area contributed by atoms with Crippen molar-refractivity contribution in [2.24, 2.45) is 0 Å². The molecule has 0 aliphatic heterocycles. The second-order valence-corrected chi connectivity index (χ2v) is 50.0. The van der Waals surface area contributed by atoms with Gasteiger partial charge in [-0.05, 0) is 0 Å². The van der Waals surface area contributed by atoms with Crippen molar-refractivity contribution in [3.63, 3.8) is 0 Å². The first-order valence-electron chi connectivity index (χ1n) is 8.50. The number of allylic oxidation sites excluding steroid dienone is 8. The average Bonchev–Trinajstić information content (AvgIpc) is 3.02. The Bertz CT molecular complexity index is 550. The maximum absolute atomic E-state index is 7.69. The van der Waals surface area contributed by atoms with Gasteiger partial charge < -0.3 is 0 Å². The Balaban J connectivity index is 2.62. The monoisotopic (exact) mass is 433 g/mol. The molecule has 0 amide bonds. The molecular formula is C18H29Cl2SiZr. The summed E-state index contributed by atoms with van der Waals surface area (Å²) >= 11 is -4.01. The molecule has 0 aromatic carbocycles. The van der Waals surface area contributed by atoms with Crippen LogP contribution in [0.1, 0.15) is 40.5 Å². The molecule has 22 heavy (non-hydrogen) atoms. The summed E-state index contributed by atoms with van der Waals surface area (Å²) in [4.78, 5) is 0. The second-order valence-electron chi connectivity index (χ2n) is 7.30. The van der Waals surface area contributed by atoms with Crippen molar-refractivity contribution in [1.29, 1.82) is 0 Å². The Morgan fingerprint density at radius 2 is 1.27 bits per heavy atom. The van der Waals surface area contributed by atoms with Gasteiger partial charge in [0.05, 0.1) is 0 Å². The maximum atomic E-state index is 7.69. The first kappa shape index (κ1) is 19.0. The molecule has 0 fully saturated rings. The topological polar surface area (TPSA) is 0 Å². The van der Waals surface area contributed by atoms with Crippen LogP contribution in [0.5, 0.6) is 0 Å². The van der Waals surface area contributed by atoms with Crippen LogP contribution in [0.25, 0.3) is 0 Å². The summed E-state index contributed by atoms with van der Waals surface area (Å²) in [5.41, 5.74) is 5.64. The van der Waals surface area contributed by atoms with Gasteiger partial charge in [-0.1, -0.05) is 0 Å². The van der Waals surface area contributed by atoms with Crippen molar-refractivity contribution < 1.29 is 15.6 Å². The van der Waals surface area contributed by atoms with Crippen LogP contribution < -0.4 is 0 Å². The molecule has 0 radical (unpaired) electrons. The van der Waals surface area contributed by atoms with E-state index in [2.05, 4.69) is 65.1 Å². The zero-order chi connectivity index (χ0) is 16.7. The Hall–Kier alpha value is 0.640. The molecule has 4 heteroatoms. The molecule has 2 rings (SSSR count). The summed E-state index contributed by atoms with van der Waals surface area (Å²) in [6.45, 7) is 13.6. The van der Waals surface area contributed by atoms with Crippen LogP contribution in [-0.4, -0.2) is 5.92 Å². The Labute approximate surface area is 145 Å². The third kappa shape index (κ3) is 2.87. The summed E-state index contributed by atoms with van der Waals surface area (Å²) in [7, 11) is 15.4. The second kappa shape index (κ2) is 6.51. The van der Waals surface area contributed by atoms with E-state index in [4.69, 9.17) is 17.0 Å². The molecule has 2 aliphatic carbocycles. The van der Waals surface area contributed by atoms with Crippen LogP contribution in [-0.2, 0) is 15.6 Å². The molecule has 2 unspecified atom stereocenters. The van der Waals surface area contributed by atoms with Crippen LogP contribution in [0.3, 0.4) is 0 Å². The van der Waals surface area contributed by atoms with E-state index in [0.29, 0.717) is 7.25 Å². The molecule has 0 spiro atoms. The molecule has 2 atom stereocenters. The van der Waals surface area contributed by atoms with E-state index < -0.39 is 21.5 Å². The van der Waals surface area contributed by atoms with Crippen LogP contribution in [0, 0.1) is 0 Å². The molecule has 0 aromatic rings. The fourth-order valence-electron chi connectivity index (χ4n) is 4.18. The van der Waals surface area contributed by atoms with Gasteiger partial charge in [0.15, 0.2) is 0 Å². The van der Waals surface area contributed by atoms with Gasteiger partial charge in [0.1, 0.15) is 0 Å². The molecule has 0 saturated heterocycles. The number of halogens is 2. The molecule has 0 heterocycles. The van der Waals surface area contributed by atoms with Crippen molar-refractivity contribution in [1.82, 2.24) is 0 Å². The van der Waals surface area contributed by atoms with Gasteiger partial charge in [0.25, 0.3) is 0 Å². The quantitative estimate of drug-likeness (QED) is 0.403. The molecule has 123 valence electrons. The molecule has 2 aliphatic rings. The predicted molar refractivity (Wildman–Crippen MR) is 102 cm³/mol. The van der Waals surface area contributed by atoms with E-state index in [9.17, 15) is 0 Å². The first-order valence-corrected chi connectivity index (χ1v) is 24.8. The summed E-state index contributed by atoms with van der Waals surface area (Å²) in [6, 6.07) is 0. The molecule has 0 bridgehead atoms. The van der Waals surface area contributed by atoms with E-state index in [1.54, 1.807) is 0 Å². The van der Waals surface area contributed by atoms with E-state index >= 15 is 0 Å². The number of rotatable bonds is 5. The average molecular weight is 436 g/mol. The van der Waals surface area contributed by atoms with Crippen molar-refractivity contribution in [3.8, 4) is 0 Å². The minimum atomic E-state index is -4.01. The predicted octanol–water partition coefficient (Wildman–Crippen LogP) is 7.14. The van der Waals surface area contributed by atoms with Gasteiger partial charge in [-0.25, -0.2) is 0 Å². The first-order chi connectivity index (χ1) is 10.1. The number of hydrogen-bond donors (Lipinski definition) is 0. The third-order valence-corrected chi connectivity index (χ3v) is 57.9. The van der Waals surface area contributed by atoms with E-state index in [1.807, 2.05) is 0 Å². The summed E-state index contributed by atoms with van der Waals surface area (Å²) < 4.78 is 0.673. The van der Waals surface area contributed by atoms with Crippen molar-refractivity contribution in [2.75, 3.05) is 0 Å².